The van der Waals surface area contributed by atoms with E-state index in [4.69, 9.17) is 0 Å². The standard InChI is InChI=1S/C16H21N5/c1-10-7-11(2)18-15(17-10)14-5-6-21(9-14)16-19-12(3)8-13(4)20-16/h7-8,14H,5-6,9H2,1-4H3/t14-/m1/s1. The van der Waals surface area contributed by atoms with Gasteiger partial charge in [0.25, 0.3) is 0 Å². The Morgan fingerprint density at radius 1 is 0.857 bits per heavy atom. The molecule has 1 fully saturated rings. The number of rotatable bonds is 2. The smallest absolute Gasteiger partial charge is 0.225 e. The molecule has 1 aliphatic heterocycles. The highest BCUT2D eigenvalue weighted by atomic mass is 15.3. The molecule has 0 aromatic carbocycles. The van der Waals surface area contributed by atoms with Crippen molar-refractivity contribution in [3.63, 3.8) is 0 Å². The lowest BCUT2D eigenvalue weighted by Gasteiger charge is -2.17. The Kier molecular flexibility index (Phi) is 3.57. The minimum Gasteiger partial charge on any atom is -0.340 e. The number of aryl methyl sites for hydroxylation is 4. The summed E-state index contributed by atoms with van der Waals surface area (Å²) in [5, 5.41) is 0. The molecule has 0 N–H and O–H groups in total. The maximum absolute atomic E-state index is 4.60. The van der Waals surface area contributed by atoms with E-state index < -0.39 is 0 Å². The van der Waals surface area contributed by atoms with Crippen LogP contribution in [0.3, 0.4) is 0 Å². The molecule has 110 valence electrons. The van der Waals surface area contributed by atoms with Crippen LogP contribution in [-0.4, -0.2) is 33.0 Å². The van der Waals surface area contributed by atoms with Crippen molar-refractivity contribution in [1.82, 2.24) is 19.9 Å². The van der Waals surface area contributed by atoms with Crippen LogP contribution in [0.2, 0.25) is 0 Å². The molecule has 0 bridgehead atoms. The Balaban J connectivity index is 1.81. The van der Waals surface area contributed by atoms with Gasteiger partial charge in [0.1, 0.15) is 5.82 Å². The van der Waals surface area contributed by atoms with Crippen LogP contribution in [0.5, 0.6) is 0 Å². The predicted molar refractivity (Wildman–Crippen MR) is 82.6 cm³/mol. The molecule has 0 spiro atoms. The molecule has 3 heterocycles. The van der Waals surface area contributed by atoms with E-state index in [1.54, 1.807) is 0 Å². The molecule has 0 radical (unpaired) electrons. The van der Waals surface area contributed by atoms with Gasteiger partial charge in [-0.25, -0.2) is 19.9 Å². The van der Waals surface area contributed by atoms with Gasteiger partial charge in [0.2, 0.25) is 5.95 Å². The van der Waals surface area contributed by atoms with Gasteiger partial charge in [0, 0.05) is 41.8 Å². The zero-order valence-corrected chi connectivity index (χ0v) is 13.1. The molecular formula is C16H21N5. The summed E-state index contributed by atoms with van der Waals surface area (Å²) in [5.74, 6) is 2.16. The van der Waals surface area contributed by atoms with Crippen LogP contribution in [0, 0.1) is 27.7 Å². The second-order valence-corrected chi connectivity index (χ2v) is 5.89. The van der Waals surface area contributed by atoms with Crippen LogP contribution >= 0.6 is 0 Å². The Bertz CT molecular complexity index is 570. The van der Waals surface area contributed by atoms with Crippen LogP contribution in [0.1, 0.15) is 40.9 Å². The highest BCUT2D eigenvalue weighted by Gasteiger charge is 2.28. The minimum absolute atomic E-state index is 0.369. The third kappa shape index (κ3) is 3.01. The summed E-state index contributed by atoms with van der Waals surface area (Å²) < 4.78 is 0. The number of nitrogens with zero attached hydrogens (tertiary/aromatic N) is 5. The minimum atomic E-state index is 0.369. The second kappa shape index (κ2) is 5.39. The van der Waals surface area contributed by atoms with E-state index in [1.165, 1.54) is 0 Å². The number of anilines is 1. The summed E-state index contributed by atoms with van der Waals surface area (Å²) in [6.45, 7) is 9.93. The van der Waals surface area contributed by atoms with Crippen molar-refractivity contribution in [3.05, 3.63) is 40.7 Å². The molecule has 0 amide bonds. The monoisotopic (exact) mass is 283 g/mol. The van der Waals surface area contributed by atoms with Crippen molar-refractivity contribution in [2.24, 2.45) is 0 Å². The van der Waals surface area contributed by atoms with Crippen molar-refractivity contribution in [1.29, 1.82) is 0 Å². The number of hydrogen-bond acceptors (Lipinski definition) is 5. The summed E-state index contributed by atoms with van der Waals surface area (Å²) >= 11 is 0. The summed E-state index contributed by atoms with van der Waals surface area (Å²) in [4.78, 5) is 20.5. The third-order valence-electron chi connectivity index (χ3n) is 3.81. The lowest BCUT2D eigenvalue weighted by atomic mass is 10.1. The quantitative estimate of drug-likeness (QED) is 0.847. The fraction of sp³-hybridized carbons (Fsp3) is 0.500. The van der Waals surface area contributed by atoms with Gasteiger partial charge in [-0.1, -0.05) is 0 Å². The van der Waals surface area contributed by atoms with Crippen molar-refractivity contribution in [2.45, 2.75) is 40.0 Å². The molecule has 1 saturated heterocycles. The molecule has 1 aliphatic rings. The van der Waals surface area contributed by atoms with E-state index >= 15 is 0 Å². The van der Waals surface area contributed by atoms with Gasteiger partial charge in [0.05, 0.1) is 0 Å². The van der Waals surface area contributed by atoms with Gasteiger partial charge in [-0.15, -0.1) is 0 Å². The highest BCUT2D eigenvalue weighted by Crippen LogP contribution is 2.27. The summed E-state index contributed by atoms with van der Waals surface area (Å²) in [7, 11) is 0. The normalized spacial score (nSPS) is 18.3. The van der Waals surface area contributed by atoms with E-state index in [0.717, 1.165) is 54.1 Å². The first-order chi connectivity index (χ1) is 10.0. The Morgan fingerprint density at radius 2 is 1.38 bits per heavy atom. The lowest BCUT2D eigenvalue weighted by Crippen LogP contribution is -2.22. The molecule has 5 heteroatoms. The Labute approximate surface area is 125 Å². The zero-order chi connectivity index (χ0) is 15.0. The zero-order valence-electron chi connectivity index (χ0n) is 13.1. The Morgan fingerprint density at radius 3 is 1.95 bits per heavy atom. The van der Waals surface area contributed by atoms with E-state index in [1.807, 2.05) is 39.8 Å². The van der Waals surface area contributed by atoms with Gasteiger partial charge < -0.3 is 4.90 Å². The third-order valence-corrected chi connectivity index (χ3v) is 3.81. The van der Waals surface area contributed by atoms with Crippen LogP contribution in [0.15, 0.2) is 12.1 Å². The SMILES string of the molecule is Cc1cc(C)nc([C@@H]2CCN(c3nc(C)cc(C)n3)C2)n1. The van der Waals surface area contributed by atoms with E-state index in [9.17, 15) is 0 Å². The van der Waals surface area contributed by atoms with Crippen molar-refractivity contribution >= 4 is 5.95 Å². The van der Waals surface area contributed by atoms with Gasteiger partial charge >= 0.3 is 0 Å². The first-order valence-corrected chi connectivity index (χ1v) is 7.40. The molecular weight excluding hydrogens is 262 g/mol. The van der Waals surface area contributed by atoms with Crippen LogP contribution in [0.25, 0.3) is 0 Å². The topological polar surface area (TPSA) is 54.8 Å². The largest absolute Gasteiger partial charge is 0.340 e. The molecule has 2 aromatic heterocycles. The van der Waals surface area contributed by atoms with Gasteiger partial charge in [-0.3, -0.25) is 0 Å². The molecule has 21 heavy (non-hydrogen) atoms. The molecule has 2 aromatic rings. The second-order valence-electron chi connectivity index (χ2n) is 5.89. The van der Waals surface area contributed by atoms with Gasteiger partial charge in [-0.05, 0) is 46.2 Å². The fourth-order valence-electron chi connectivity index (χ4n) is 2.94. The van der Waals surface area contributed by atoms with Gasteiger partial charge in [-0.2, -0.15) is 0 Å². The first kappa shape index (κ1) is 13.9. The average molecular weight is 283 g/mol. The van der Waals surface area contributed by atoms with Crippen LogP contribution in [-0.2, 0) is 0 Å². The summed E-state index contributed by atoms with van der Waals surface area (Å²) in [6, 6.07) is 4.02. The molecule has 5 nitrogen and oxygen atoms in total. The maximum atomic E-state index is 4.60. The fourth-order valence-corrected chi connectivity index (χ4v) is 2.94. The lowest BCUT2D eigenvalue weighted by molar-refractivity contribution is 0.697. The Hall–Kier alpha value is -2.04. The first-order valence-electron chi connectivity index (χ1n) is 7.40. The molecule has 3 rings (SSSR count). The summed E-state index contributed by atoms with van der Waals surface area (Å²) in [5.41, 5.74) is 4.12. The highest BCUT2D eigenvalue weighted by molar-refractivity contribution is 5.35. The van der Waals surface area contributed by atoms with Crippen molar-refractivity contribution in [2.75, 3.05) is 18.0 Å². The van der Waals surface area contributed by atoms with Crippen molar-refractivity contribution < 1.29 is 0 Å². The summed E-state index contributed by atoms with van der Waals surface area (Å²) in [6.07, 6.45) is 1.05. The number of hydrogen-bond donors (Lipinski definition) is 0. The van der Waals surface area contributed by atoms with Crippen LogP contribution in [0.4, 0.5) is 5.95 Å². The average Bonchev–Trinajstić information content (AvgIpc) is 2.85. The maximum Gasteiger partial charge on any atom is 0.225 e. The molecule has 0 aliphatic carbocycles. The van der Waals surface area contributed by atoms with E-state index in [2.05, 4.69) is 24.8 Å². The number of aromatic nitrogens is 4. The molecule has 0 unspecified atom stereocenters. The van der Waals surface area contributed by atoms with E-state index in [-0.39, 0.29) is 0 Å². The van der Waals surface area contributed by atoms with Gasteiger partial charge in [0.15, 0.2) is 0 Å². The molecule has 1 atom stereocenters. The van der Waals surface area contributed by atoms with Crippen LogP contribution < -0.4 is 4.90 Å². The van der Waals surface area contributed by atoms with E-state index in [0.29, 0.717) is 5.92 Å². The predicted octanol–water partition coefficient (Wildman–Crippen LogP) is 2.49. The molecule has 0 saturated carbocycles. The van der Waals surface area contributed by atoms with Crippen molar-refractivity contribution in [3.8, 4) is 0 Å².